The Morgan fingerprint density at radius 1 is 1.19 bits per heavy atom. The second kappa shape index (κ2) is 6.35. The average Bonchev–Trinajstić information content (AvgIpc) is 2.45. The predicted octanol–water partition coefficient (Wildman–Crippen LogP) is 1.10. The fourth-order valence-electron chi connectivity index (χ4n) is 1.76. The first-order valence-corrected chi connectivity index (χ1v) is 5.98. The molecule has 0 heterocycles. The summed E-state index contributed by atoms with van der Waals surface area (Å²) in [6, 6.07) is 9.22. The third kappa shape index (κ3) is 3.57. The highest BCUT2D eigenvalue weighted by Crippen LogP contribution is 2.17. The fraction of sp³-hybridized carbons (Fsp3) is 0.0714. The zero-order chi connectivity index (χ0) is 15.4. The van der Waals surface area contributed by atoms with Gasteiger partial charge in [0.1, 0.15) is 30.1 Å². The summed E-state index contributed by atoms with van der Waals surface area (Å²) in [5, 5.41) is 26.7. The number of nitrogens with zero attached hydrogens (tertiary/aromatic N) is 1. The minimum atomic E-state index is -1.83. The van der Waals surface area contributed by atoms with Crippen LogP contribution in [0.15, 0.2) is 36.4 Å². The van der Waals surface area contributed by atoms with Gasteiger partial charge in [-0.3, -0.25) is 0 Å². The molecule has 0 aliphatic rings. The summed E-state index contributed by atoms with van der Waals surface area (Å²) in [7, 11) is -1.83. The molecule has 106 valence electrons. The summed E-state index contributed by atoms with van der Waals surface area (Å²) in [6.45, 7) is -0.216. The highest BCUT2D eigenvalue weighted by atomic mass is 19.1. The van der Waals surface area contributed by atoms with Gasteiger partial charge in [0.2, 0.25) is 0 Å². The molecule has 0 aliphatic carbocycles. The first-order valence-electron chi connectivity index (χ1n) is 5.98. The van der Waals surface area contributed by atoms with E-state index in [2.05, 4.69) is 0 Å². The van der Waals surface area contributed by atoms with Crippen LogP contribution in [0.4, 0.5) is 8.78 Å². The van der Waals surface area contributed by atoms with E-state index in [9.17, 15) is 8.78 Å². The standard InChI is InChI=1S/C14H10BF2NO3/c16-12-4-11(15(19)20)5-13(6-12)21-8-10-3-1-2-9(7-18)14(10)17/h1-6,19-20H,8H2. The van der Waals surface area contributed by atoms with Crippen LogP contribution in [0, 0.1) is 23.0 Å². The lowest BCUT2D eigenvalue weighted by molar-refractivity contribution is 0.298. The van der Waals surface area contributed by atoms with Gasteiger partial charge in [0.05, 0.1) is 5.56 Å². The number of benzene rings is 2. The highest BCUT2D eigenvalue weighted by Gasteiger charge is 2.14. The van der Waals surface area contributed by atoms with Crippen LogP contribution in [0.2, 0.25) is 0 Å². The zero-order valence-corrected chi connectivity index (χ0v) is 10.8. The van der Waals surface area contributed by atoms with Crippen molar-refractivity contribution in [2.24, 2.45) is 0 Å². The summed E-state index contributed by atoms with van der Waals surface area (Å²) in [5.41, 5.74) is -0.0394. The molecule has 2 rings (SSSR count). The maximum absolute atomic E-state index is 13.8. The molecule has 21 heavy (non-hydrogen) atoms. The van der Waals surface area contributed by atoms with Crippen molar-refractivity contribution in [1.29, 1.82) is 5.26 Å². The monoisotopic (exact) mass is 289 g/mol. The van der Waals surface area contributed by atoms with Gasteiger partial charge in [-0.2, -0.15) is 5.26 Å². The van der Waals surface area contributed by atoms with E-state index < -0.39 is 18.8 Å². The lowest BCUT2D eigenvalue weighted by Gasteiger charge is -2.09. The second-order valence-electron chi connectivity index (χ2n) is 4.27. The Kier molecular flexibility index (Phi) is 4.53. The van der Waals surface area contributed by atoms with Gasteiger partial charge in [-0.1, -0.05) is 12.1 Å². The number of hydrogen-bond donors (Lipinski definition) is 2. The molecular weight excluding hydrogens is 279 g/mol. The molecule has 2 aromatic rings. The van der Waals surface area contributed by atoms with Gasteiger partial charge in [0.15, 0.2) is 0 Å². The molecule has 7 heteroatoms. The predicted molar refractivity (Wildman–Crippen MR) is 71.7 cm³/mol. The molecular formula is C14H10BF2NO3. The smallest absolute Gasteiger partial charge is 0.488 e. The van der Waals surface area contributed by atoms with Crippen LogP contribution < -0.4 is 10.2 Å². The summed E-state index contributed by atoms with van der Waals surface area (Å²) >= 11 is 0. The SMILES string of the molecule is N#Cc1cccc(COc2cc(F)cc(B(O)O)c2)c1F. The summed E-state index contributed by atoms with van der Waals surface area (Å²) in [4.78, 5) is 0. The molecule has 0 spiro atoms. The van der Waals surface area contributed by atoms with Crippen LogP contribution in [-0.4, -0.2) is 17.2 Å². The van der Waals surface area contributed by atoms with Crippen LogP contribution in [0.3, 0.4) is 0 Å². The molecule has 0 saturated heterocycles. The molecule has 0 amide bonds. The van der Waals surface area contributed by atoms with E-state index in [4.69, 9.17) is 20.0 Å². The molecule has 2 N–H and O–H groups in total. The fourth-order valence-corrected chi connectivity index (χ4v) is 1.76. The Balaban J connectivity index is 2.19. The Morgan fingerprint density at radius 3 is 2.62 bits per heavy atom. The summed E-state index contributed by atoms with van der Waals surface area (Å²) < 4.78 is 32.3. The van der Waals surface area contributed by atoms with Gasteiger partial charge in [-0.15, -0.1) is 0 Å². The van der Waals surface area contributed by atoms with Crippen molar-refractivity contribution in [2.45, 2.75) is 6.61 Å². The minimum absolute atomic E-state index is 0.0276. The van der Waals surface area contributed by atoms with Crippen molar-refractivity contribution < 1.29 is 23.6 Å². The molecule has 0 saturated carbocycles. The van der Waals surface area contributed by atoms with Crippen molar-refractivity contribution in [3.05, 3.63) is 59.2 Å². The summed E-state index contributed by atoms with van der Waals surface area (Å²) in [5.74, 6) is -1.37. The molecule has 0 atom stereocenters. The topological polar surface area (TPSA) is 73.5 Å². The van der Waals surface area contributed by atoms with Gasteiger partial charge in [-0.25, -0.2) is 8.78 Å². The van der Waals surface area contributed by atoms with Gasteiger partial charge in [-0.05, 0) is 23.7 Å². The van der Waals surface area contributed by atoms with E-state index >= 15 is 0 Å². The first kappa shape index (κ1) is 15.0. The summed E-state index contributed by atoms with van der Waals surface area (Å²) in [6.07, 6.45) is 0. The Morgan fingerprint density at radius 2 is 1.95 bits per heavy atom. The van der Waals surface area contributed by atoms with Crippen LogP contribution >= 0.6 is 0 Å². The third-order valence-corrected chi connectivity index (χ3v) is 2.79. The van der Waals surface area contributed by atoms with E-state index in [-0.39, 0.29) is 28.9 Å². The van der Waals surface area contributed by atoms with Gasteiger partial charge in [0.25, 0.3) is 0 Å². The van der Waals surface area contributed by atoms with Crippen LogP contribution in [-0.2, 0) is 6.61 Å². The average molecular weight is 289 g/mol. The van der Waals surface area contributed by atoms with E-state index in [0.29, 0.717) is 0 Å². The Labute approximate surface area is 120 Å². The zero-order valence-electron chi connectivity index (χ0n) is 10.8. The van der Waals surface area contributed by atoms with E-state index in [0.717, 1.165) is 12.1 Å². The Bertz CT molecular complexity index is 701. The Hall–Kier alpha value is -2.43. The number of nitriles is 1. The van der Waals surface area contributed by atoms with Crippen LogP contribution in [0.5, 0.6) is 5.75 Å². The molecule has 0 aromatic heterocycles. The first-order chi connectivity index (χ1) is 10.0. The van der Waals surface area contributed by atoms with Gasteiger partial charge >= 0.3 is 7.12 Å². The van der Waals surface area contributed by atoms with E-state index in [1.165, 1.54) is 24.3 Å². The van der Waals surface area contributed by atoms with E-state index in [1.807, 2.05) is 0 Å². The van der Waals surface area contributed by atoms with Crippen molar-refractivity contribution in [1.82, 2.24) is 0 Å². The molecule has 2 aromatic carbocycles. The lowest BCUT2D eigenvalue weighted by Crippen LogP contribution is -2.30. The number of halogens is 2. The molecule has 0 unspecified atom stereocenters. The van der Waals surface area contributed by atoms with Crippen molar-refractivity contribution in [3.63, 3.8) is 0 Å². The quantitative estimate of drug-likeness (QED) is 0.826. The third-order valence-electron chi connectivity index (χ3n) is 2.79. The number of hydrogen-bond acceptors (Lipinski definition) is 4. The largest absolute Gasteiger partial charge is 0.489 e. The number of ether oxygens (including phenoxy) is 1. The molecule has 0 bridgehead atoms. The van der Waals surface area contributed by atoms with Gasteiger partial charge in [0, 0.05) is 11.6 Å². The van der Waals surface area contributed by atoms with Crippen molar-refractivity contribution in [2.75, 3.05) is 0 Å². The molecule has 4 nitrogen and oxygen atoms in total. The van der Waals surface area contributed by atoms with Gasteiger partial charge < -0.3 is 14.8 Å². The normalized spacial score (nSPS) is 10.0. The van der Waals surface area contributed by atoms with Crippen LogP contribution in [0.1, 0.15) is 11.1 Å². The second-order valence-corrected chi connectivity index (χ2v) is 4.27. The highest BCUT2D eigenvalue weighted by molar-refractivity contribution is 6.58. The maximum Gasteiger partial charge on any atom is 0.488 e. The minimum Gasteiger partial charge on any atom is -0.489 e. The number of rotatable bonds is 4. The maximum atomic E-state index is 13.8. The van der Waals surface area contributed by atoms with Crippen LogP contribution in [0.25, 0.3) is 0 Å². The van der Waals surface area contributed by atoms with Crippen molar-refractivity contribution >= 4 is 12.6 Å². The van der Waals surface area contributed by atoms with Crippen molar-refractivity contribution in [3.8, 4) is 11.8 Å². The lowest BCUT2D eigenvalue weighted by atomic mass is 9.80. The van der Waals surface area contributed by atoms with E-state index in [1.54, 1.807) is 6.07 Å². The molecule has 0 fully saturated rings. The molecule has 0 aliphatic heterocycles. The molecule has 0 radical (unpaired) electrons.